The Morgan fingerprint density at radius 2 is 1.93 bits per heavy atom. The van der Waals surface area contributed by atoms with Gasteiger partial charge < -0.3 is 10.3 Å². The van der Waals surface area contributed by atoms with Crippen molar-refractivity contribution in [1.82, 2.24) is 19.5 Å². The zero-order valence-electron chi connectivity index (χ0n) is 15.9. The number of aromatic amines is 1. The van der Waals surface area contributed by atoms with Gasteiger partial charge in [-0.25, -0.2) is 8.42 Å². The SMILES string of the molecule is CCS(=O)(=O)N1CCN(C(C)C(=O)NCCc2c[nH]c3ccccc23)CC1. The third-order valence-corrected chi connectivity index (χ3v) is 7.21. The van der Waals surface area contributed by atoms with E-state index in [0.29, 0.717) is 32.7 Å². The number of fused-ring (bicyclic) bond motifs is 1. The minimum atomic E-state index is -3.14. The lowest BCUT2D eigenvalue weighted by molar-refractivity contribution is -0.126. The molecule has 1 amide bonds. The maximum Gasteiger partial charge on any atom is 0.237 e. The largest absolute Gasteiger partial charge is 0.361 e. The number of amides is 1. The molecule has 0 aliphatic carbocycles. The lowest BCUT2D eigenvalue weighted by Gasteiger charge is -2.36. The maximum atomic E-state index is 12.5. The molecule has 1 aromatic heterocycles. The van der Waals surface area contributed by atoms with Gasteiger partial charge in [0.15, 0.2) is 0 Å². The molecule has 0 spiro atoms. The monoisotopic (exact) mass is 392 g/mol. The molecule has 148 valence electrons. The Bertz CT molecular complexity index is 885. The lowest BCUT2D eigenvalue weighted by Crippen LogP contribution is -2.55. The smallest absolute Gasteiger partial charge is 0.237 e. The van der Waals surface area contributed by atoms with E-state index in [1.54, 1.807) is 6.92 Å². The first-order valence-corrected chi connectivity index (χ1v) is 11.1. The number of carbonyl (C=O) groups is 1. The molecule has 1 aliphatic rings. The summed E-state index contributed by atoms with van der Waals surface area (Å²) >= 11 is 0. The molecular weight excluding hydrogens is 364 g/mol. The van der Waals surface area contributed by atoms with Gasteiger partial charge in [-0.1, -0.05) is 18.2 Å². The first-order valence-electron chi connectivity index (χ1n) is 9.47. The number of benzene rings is 1. The Morgan fingerprint density at radius 3 is 2.63 bits per heavy atom. The highest BCUT2D eigenvalue weighted by molar-refractivity contribution is 7.89. The van der Waals surface area contributed by atoms with Gasteiger partial charge in [-0.15, -0.1) is 0 Å². The second-order valence-electron chi connectivity index (χ2n) is 6.91. The Labute approximate surface area is 160 Å². The van der Waals surface area contributed by atoms with E-state index in [4.69, 9.17) is 0 Å². The van der Waals surface area contributed by atoms with E-state index in [1.807, 2.05) is 36.2 Å². The molecule has 1 atom stereocenters. The average molecular weight is 393 g/mol. The number of para-hydroxylation sites is 1. The van der Waals surface area contributed by atoms with Crippen LogP contribution in [0, 0.1) is 0 Å². The topological polar surface area (TPSA) is 85.5 Å². The first-order chi connectivity index (χ1) is 12.9. The van der Waals surface area contributed by atoms with E-state index >= 15 is 0 Å². The fourth-order valence-electron chi connectivity index (χ4n) is 3.52. The van der Waals surface area contributed by atoms with Gasteiger partial charge >= 0.3 is 0 Å². The summed E-state index contributed by atoms with van der Waals surface area (Å²) < 4.78 is 25.4. The maximum absolute atomic E-state index is 12.5. The van der Waals surface area contributed by atoms with Crippen LogP contribution >= 0.6 is 0 Å². The normalized spacial score (nSPS) is 17.9. The van der Waals surface area contributed by atoms with E-state index in [-0.39, 0.29) is 17.7 Å². The van der Waals surface area contributed by atoms with Crippen LogP contribution in [0.15, 0.2) is 30.5 Å². The number of sulfonamides is 1. The summed E-state index contributed by atoms with van der Waals surface area (Å²) in [7, 11) is -3.14. The summed E-state index contributed by atoms with van der Waals surface area (Å²) in [6, 6.07) is 7.86. The molecule has 27 heavy (non-hydrogen) atoms. The van der Waals surface area contributed by atoms with Crippen LogP contribution < -0.4 is 5.32 Å². The molecule has 1 fully saturated rings. The summed E-state index contributed by atoms with van der Waals surface area (Å²) in [5.41, 5.74) is 2.30. The molecule has 2 heterocycles. The molecule has 7 nitrogen and oxygen atoms in total. The Morgan fingerprint density at radius 1 is 1.22 bits per heavy atom. The summed E-state index contributed by atoms with van der Waals surface area (Å²) in [5, 5.41) is 4.20. The number of piperazine rings is 1. The van der Waals surface area contributed by atoms with Crippen molar-refractivity contribution in [1.29, 1.82) is 0 Å². The Kier molecular flexibility index (Phi) is 6.18. The molecule has 1 saturated heterocycles. The van der Waals surface area contributed by atoms with Crippen molar-refractivity contribution >= 4 is 26.8 Å². The quantitative estimate of drug-likeness (QED) is 0.741. The van der Waals surface area contributed by atoms with Crippen LogP contribution in [0.1, 0.15) is 19.4 Å². The average Bonchev–Trinajstić information content (AvgIpc) is 3.10. The third kappa shape index (κ3) is 4.51. The molecule has 2 N–H and O–H groups in total. The van der Waals surface area contributed by atoms with Gasteiger partial charge in [0.05, 0.1) is 11.8 Å². The first kappa shape index (κ1) is 19.9. The molecule has 3 rings (SSSR count). The number of hydrogen-bond donors (Lipinski definition) is 2. The number of rotatable bonds is 7. The number of carbonyl (C=O) groups excluding carboxylic acids is 1. The molecule has 1 unspecified atom stereocenters. The predicted molar refractivity (Wildman–Crippen MR) is 107 cm³/mol. The van der Waals surface area contributed by atoms with Gasteiger partial charge in [-0.05, 0) is 31.9 Å². The van der Waals surface area contributed by atoms with Crippen molar-refractivity contribution in [3.63, 3.8) is 0 Å². The fourth-order valence-corrected chi connectivity index (χ4v) is 4.61. The number of nitrogens with zero attached hydrogens (tertiary/aromatic N) is 2. The Balaban J connectivity index is 1.47. The van der Waals surface area contributed by atoms with Gasteiger partial charge in [0.2, 0.25) is 15.9 Å². The van der Waals surface area contributed by atoms with E-state index in [0.717, 1.165) is 11.9 Å². The molecular formula is C19H28N4O3S. The van der Waals surface area contributed by atoms with Crippen LogP contribution in [0.5, 0.6) is 0 Å². The van der Waals surface area contributed by atoms with E-state index in [2.05, 4.69) is 16.4 Å². The molecule has 8 heteroatoms. The number of H-pyrrole nitrogens is 1. The minimum absolute atomic E-state index is 0.0124. The second kappa shape index (κ2) is 8.41. The van der Waals surface area contributed by atoms with E-state index in [1.165, 1.54) is 15.3 Å². The van der Waals surface area contributed by atoms with Gasteiger partial charge in [0.25, 0.3) is 0 Å². The summed E-state index contributed by atoms with van der Waals surface area (Å²) in [5.74, 6) is 0.110. The van der Waals surface area contributed by atoms with Crippen LogP contribution in [0.2, 0.25) is 0 Å². The zero-order valence-corrected chi connectivity index (χ0v) is 16.8. The van der Waals surface area contributed by atoms with Crippen molar-refractivity contribution in [3.8, 4) is 0 Å². The molecule has 1 aromatic carbocycles. The van der Waals surface area contributed by atoms with Crippen molar-refractivity contribution in [2.75, 3.05) is 38.5 Å². The van der Waals surface area contributed by atoms with Gasteiger partial charge in [0, 0.05) is 49.8 Å². The molecule has 0 radical (unpaired) electrons. The summed E-state index contributed by atoms with van der Waals surface area (Å²) in [4.78, 5) is 17.8. The van der Waals surface area contributed by atoms with Crippen LogP contribution in [0.4, 0.5) is 0 Å². The summed E-state index contributed by atoms with van der Waals surface area (Å²) in [6.45, 7) is 6.17. The van der Waals surface area contributed by atoms with E-state index in [9.17, 15) is 13.2 Å². The number of hydrogen-bond acceptors (Lipinski definition) is 4. The van der Waals surface area contributed by atoms with Crippen molar-refractivity contribution < 1.29 is 13.2 Å². The highest BCUT2D eigenvalue weighted by atomic mass is 32.2. The number of nitrogens with one attached hydrogen (secondary N) is 2. The second-order valence-corrected chi connectivity index (χ2v) is 9.17. The van der Waals surface area contributed by atoms with Crippen LogP contribution in [-0.2, 0) is 21.2 Å². The molecule has 2 aromatic rings. The van der Waals surface area contributed by atoms with Crippen molar-refractivity contribution in [2.24, 2.45) is 0 Å². The van der Waals surface area contributed by atoms with Crippen LogP contribution in [0.3, 0.4) is 0 Å². The summed E-state index contributed by atoms with van der Waals surface area (Å²) in [6.07, 6.45) is 2.76. The fraction of sp³-hybridized carbons (Fsp3) is 0.526. The minimum Gasteiger partial charge on any atom is -0.361 e. The van der Waals surface area contributed by atoms with Crippen LogP contribution in [-0.4, -0.2) is 73.0 Å². The predicted octanol–water partition coefficient (Wildman–Crippen LogP) is 1.18. The van der Waals surface area contributed by atoms with Gasteiger partial charge in [0.1, 0.15) is 0 Å². The van der Waals surface area contributed by atoms with Gasteiger partial charge in [-0.2, -0.15) is 4.31 Å². The van der Waals surface area contributed by atoms with Crippen molar-refractivity contribution in [2.45, 2.75) is 26.3 Å². The highest BCUT2D eigenvalue weighted by Gasteiger charge is 2.29. The van der Waals surface area contributed by atoms with E-state index < -0.39 is 10.0 Å². The van der Waals surface area contributed by atoms with Crippen LogP contribution in [0.25, 0.3) is 10.9 Å². The molecule has 0 bridgehead atoms. The highest BCUT2D eigenvalue weighted by Crippen LogP contribution is 2.17. The van der Waals surface area contributed by atoms with Crippen molar-refractivity contribution in [3.05, 3.63) is 36.0 Å². The zero-order chi connectivity index (χ0) is 19.4. The third-order valence-electron chi connectivity index (χ3n) is 5.33. The Hall–Kier alpha value is -1.90. The van der Waals surface area contributed by atoms with Gasteiger partial charge in [-0.3, -0.25) is 9.69 Å². The molecule has 0 saturated carbocycles. The lowest BCUT2D eigenvalue weighted by atomic mass is 10.1. The molecule has 1 aliphatic heterocycles. The standard InChI is InChI=1S/C19H28N4O3S/c1-3-27(25,26)23-12-10-22(11-13-23)15(2)19(24)20-9-8-16-14-21-18-7-5-4-6-17(16)18/h4-7,14-15,21H,3,8-13H2,1-2H3,(H,20,24). The number of aromatic nitrogens is 1.